The summed E-state index contributed by atoms with van der Waals surface area (Å²) in [6, 6.07) is 4.10. The van der Waals surface area contributed by atoms with E-state index in [1.807, 2.05) is 13.0 Å². The van der Waals surface area contributed by atoms with E-state index in [4.69, 9.17) is 13.9 Å². The minimum Gasteiger partial charge on any atom is -0.465 e. The second-order valence-corrected chi connectivity index (χ2v) is 5.82. The molecular weight excluding hydrogens is 242 g/mol. The third kappa shape index (κ3) is 2.86. The van der Waals surface area contributed by atoms with Gasteiger partial charge in [0.2, 0.25) is 0 Å². The first-order valence-electron chi connectivity index (χ1n) is 7.22. The molecule has 3 rings (SSSR count). The molecule has 0 saturated carbocycles. The van der Waals surface area contributed by atoms with Gasteiger partial charge >= 0.3 is 0 Å². The summed E-state index contributed by atoms with van der Waals surface area (Å²) in [5.41, 5.74) is -0.0828. The third-order valence-corrected chi connectivity index (χ3v) is 4.09. The summed E-state index contributed by atoms with van der Waals surface area (Å²) < 4.78 is 17.5. The van der Waals surface area contributed by atoms with Gasteiger partial charge in [0.15, 0.2) is 0 Å². The highest BCUT2D eigenvalue weighted by molar-refractivity contribution is 5.06. The summed E-state index contributed by atoms with van der Waals surface area (Å²) in [4.78, 5) is 2.45. The smallest absolute Gasteiger partial charge is 0.118 e. The van der Waals surface area contributed by atoms with E-state index in [0.717, 1.165) is 57.2 Å². The van der Waals surface area contributed by atoms with Crippen molar-refractivity contribution < 1.29 is 13.9 Å². The molecule has 0 aromatic carbocycles. The number of hydrogen-bond donors (Lipinski definition) is 0. The molecule has 0 bridgehead atoms. The van der Waals surface area contributed by atoms with Crippen LogP contribution in [0, 0.1) is 6.92 Å². The maximum Gasteiger partial charge on any atom is 0.118 e. The van der Waals surface area contributed by atoms with Crippen molar-refractivity contribution in [2.75, 3.05) is 26.3 Å². The lowest BCUT2D eigenvalue weighted by molar-refractivity contribution is -0.157. The highest BCUT2D eigenvalue weighted by atomic mass is 16.6. The molecule has 0 radical (unpaired) electrons. The van der Waals surface area contributed by atoms with Gasteiger partial charge in [0.1, 0.15) is 17.1 Å². The van der Waals surface area contributed by atoms with Crippen molar-refractivity contribution in [2.24, 2.45) is 0 Å². The lowest BCUT2D eigenvalue weighted by atomic mass is 9.98. The van der Waals surface area contributed by atoms with E-state index < -0.39 is 0 Å². The molecule has 106 valence electrons. The monoisotopic (exact) mass is 265 g/mol. The molecule has 2 aliphatic rings. The number of rotatable bonds is 3. The van der Waals surface area contributed by atoms with Crippen LogP contribution in [0.5, 0.6) is 0 Å². The Balaban J connectivity index is 1.70. The van der Waals surface area contributed by atoms with Gasteiger partial charge in [0.05, 0.1) is 19.3 Å². The van der Waals surface area contributed by atoms with Gasteiger partial charge < -0.3 is 13.9 Å². The minimum absolute atomic E-state index is 0.0828. The molecule has 0 unspecified atom stereocenters. The number of aryl methyl sites for hydroxylation is 1. The summed E-state index contributed by atoms with van der Waals surface area (Å²) in [7, 11) is 0. The summed E-state index contributed by atoms with van der Waals surface area (Å²) in [5.74, 6) is 2.03. The zero-order valence-corrected chi connectivity index (χ0v) is 11.9. The zero-order chi connectivity index (χ0) is 13.3. The Labute approximate surface area is 114 Å². The molecule has 1 aromatic heterocycles. The molecule has 3 heterocycles. The molecule has 1 spiro atoms. The Kier molecular flexibility index (Phi) is 3.65. The first-order valence-corrected chi connectivity index (χ1v) is 7.22. The van der Waals surface area contributed by atoms with Crippen molar-refractivity contribution in [3.63, 3.8) is 0 Å². The highest BCUT2D eigenvalue weighted by Crippen LogP contribution is 2.31. The number of morpholine rings is 1. The Morgan fingerprint density at radius 1 is 1.42 bits per heavy atom. The van der Waals surface area contributed by atoms with E-state index in [1.54, 1.807) is 0 Å². The molecule has 4 heteroatoms. The first kappa shape index (κ1) is 13.2. The number of ether oxygens (including phenoxy) is 2. The second-order valence-electron chi connectivity index (χ2n) is 5.82. The van der Waals surface area contributed by atoms with Crippen molar-refractivity contribution in [1.29, 1.82) is 0 Å². The van der Waals surface area contributed by atoms with Crippen molar-refractivity contribution in [3.05, 3.63) is 23.7 Å². The average molecular weight is 265 g/mol. The van der Waals surface area contributed by atoms with E-state index in [9.17, 15) is 0 Å². The number of hydrogen-bond acceptors (Lipinski definition) is 4. The highest BCUT2D eigenvalue weighted by Gasteiger charge is 2.43. The van der Waals surface area contributed by atoms with Gasteiger partial charge in [-0.3, -0.25) is 4.90 Å². The first-order chi connectivity index (χ1) is 9.19. The van der Waals surface area contributed by atoms with Crippen LogP contribution in [-0.4, -0.2) is 42.9 Å². The van der Waals surface area contributed by atoms with Crippen LogP contribution in [0.4, 0.5) is 0 Å². The van der Waals surface area contributed by atoms with Gasteiger partial charge in [-0.25, -0.2) is 0 Å². The molecule has 19 heavy (non-hydrogen) atoms. The molecule has 2 saturated heterocycles. The lowest BCUT2D eigenvalue weighted by Gasteiger charge is -2.43. The quantitative estimate of drug-likeness (QED) is 0.840. The van der Waals surface area contributed by atoms with Gasteiger partial charge in [0.25, 0.3) is 0 Å². The van der Waals surface area contributed by atoms with E-state index >= 15 is 0 Å². The summed E-state index contributed by atoms with van der Waals surface area (Å²) in [6.45, 7) is 8.54. The van der Waals surface area contributed by atoms with E-state index in [1.165, 1.54) is 0 Å². The molecular formula is C15H23NO3. The third-order valence-electron chi connectivity index (χ3n) is 4.09. The van der Waals surface area contributed by atoms with Gasteiger partial charge in [0, 0.05) is 26.1 Å². The number of furan rings is 1. The predicted octanol–water partition coefficient (Wildman–Crippen LogP) is 2.36. The maximum atomic E-state index is 6.26. The lowest BCUT2D eigenvalue weighted by Crippen LogP contribution is -2.55. The fourth-order valence-corrected chi connectivity index (χ4v) is 3.12. The summed E-state index contributed by atoms with van der Waals surface area (Å²) in [5, 5.41) is 0. The van der Waals surface area contributed by atoms with Crippen LogP contribution < -0.4 is 0 Å². The van der Waals surface area contributed by atoms with Crippen LogP contribution in [0.2, 0.25) is 0 Å². The molecule has 0 amide bonds. The van der Waals surface area contributed by atoms with Crippen LogP contribution in [0.15, 0.2) is 16.5 Å². The van der Waals surface area contributed by atoms with Crippen LogP contribution >= 0.6 is 0 Å². The molecule has 2 fully saturated rings. The van der Waals surface area contributed by atoms with E-state index in [2.05, 4.69) is 17.9 Å². The van der Waals surface area contributed by atoms with Crippen molar-refractivity contribution in [1.82, 2.24) is 4.90 Å². The van der Waals surface area contributed by atoms with Crippen LogP contribution in [0.25, 0.3) is 0 Å². The largest absolute Gasteiger partial charge is 0.465 e. The maximum absolute atomic E-state index is 6.26. The van der Waals surface area contributed by atoms with Crippen LogP contribution in [0.1, 0.15) is 31.3 Å². The summed E-state index contributed by atoms with van der Waals surface area (Å²) >= 11 is 0. The molecule has 0 N–H and O–H groups in total. The Hall–Kier alpha value is -0.840. The topological polar surface area (TPSA) is 34.8 Å². The Bertz CT molecular complexity index is 423. The Morgan fingerprint density at radius 3 is 2.95 bits per heavy atom. The van der Waals surface area contributed by atoms with Crippen LogP contribution in [-0.2, 0) is 16.0 Å². The van der Waals surface area contributed by atoms with E-state index in [-0.39, 0.29) is 5.60 Å². The fraction of sp³-hybridized carbons (Fsp3) is 0.733. The van der Waals surface area contributed by atoms with E-state index in [0.29, 0.717) is 6.10 Å². The second kappa shape index (κ2) is 5.27. The van der Waals surface area contributed by atoms with Crippen LogP contribution in [0.3, 0.4) is 0 Å². The van der Waals surface area contributed by atoms with Crippen molar-refractivity contribution >= 4 is 0 Å². The zero-order valence-electron chi connectivity index (χ0n) is 11.9. The molecule has 0 aliphatic carbocycles. The average Bonchev–Trinajstić information content (AvgIpc) is 2.99. The molecule has 2 aliphatic heterocycles. The Morgan fingerprint density at radius 2 is 2.32 bits per heavy atom. The van der Waals surface area contributed by atoms with Gasteiger partial charge in [-0.15, -0.1) is 0 Å². The fourth-order valence-electron chi connectivity index (χ4n) is 3.12. The molecule has 4 nitrogen and oxygen atoms in total. The standard InChI is InChI=1S/C15H23NO3/c1-3-13-8-16(9-14-5-4-12(2)18-14)10-15(19-13)6-7-17-11-15/h4-5,13H,3,6-11H2,1-2H3/t13-,15+/m1/s1. The molecule has 2 atom stereocenters. The molecule has 1 aromatic rings. The van der Waals surface area contributed by atoms with Crippen molar-refractivity contribution in [3.8, 4) is 0 Å². The number of nitrogens with zero attached hydrogens (tertiary/aromatic N) is 1. The van der Waals surface area contributed by atoms with Gasteiger partial charge in [-0.05, 0) is 25.5 Å². The SMILES string of the molecule is CC[C@@H]1CN(Cc2ccc(C)o2)C[C@]2(CCOC2)O1. The van der Waals surface area contributed by atoms with Gasteiger partial charge in [-0.1, -0.05) is 6.92 Å². The van der Waals surface area contributed by atoms with Crippen molar-refractivity contribution in [2.45, 2.75) is 44.9 Å². The minimum atomic E-state index is -0.0828. The predicted molar refractivity (Wildman–Crippen MR) is 72.1 cm³/mol. The van der Waals surface area contributed by atoms with Gasteiger partial charge in [-0.2, -0.15) is 0 Å². The summed E-state index contributed by atoms with van der Waals surface area (Å²) in [6.07, 6.45) is 2.37. The normalized spacial score (nSPS) is 32.2.